The Labute approximate surface area is 230 Å². The number of carbonyl (C=O) groups is 1. The Hall–Kier alpha value is -3.68. The lowest BCUT2D eigenvalue weighted by molar-refractivity contribution is 0.0329. The lowest BCUT2D eigenvalue weighted by Gasteiger charge is -2.22. The molecule has 4 rings (SSSR count). The molecule has 0 atom stereocenters. The zero-order valence-corrected chi connectivity index (χ0v) is 23.5. The smallest absolute Gasteiger partial charge is 0.338 e. The Balaban J connectivity index is 1.93. The third-order valence-corrected chi connectivity index (χ3v) is 7.09. The third kappa shape index (κ3) is 6.15. The Bertz CT molecular complexity index is 1450. The van der Waals surface area contributed by atoms with Crippen LogP contribution >= 0.6 is 0 Å². The second kappa shape index (κ2) is 13.4. The van der Waals surface area contributed by atoms with Gasteiger partial charge in [0.05, 0.1) is 24.8 Å². The minimum absolute atomic E-state index is 0.166. The van der Waals surface area contributed by atoms with Gasteiger partial charge in [0.15, 0.2) is 0 Å². The summed E-state index contributed by atoms with van der Waals surface area (Å²) >= 11 is 0. The van der Waals surface area contributed by atoms with Crippen molar-refractivity contribution < 1.29 is 18.7 Å². The number of fused-ring (bicyclic) bond motifs is 2. The van der Waals surface area contributed by atoms with E-state index in [0.717, 1.165) is 70.6 Å². The van der Waals surface area contributed by atoms with Gasteiger partial charge in [-0.15, -0.1) is 0 Å². The van der Waals surface area contributed by atoms with Gasteiger partial charge in [0.2, 0.25) is 5.36 Å². The summed E-state index contributed by atoms with van der Waals surface area (Å²) in [6, 6.07) is 20.3. The van der Waals surface area contributed by atoms with Gasteiger partial charge in [-0.25, -0.2) is 9.37 Å². The molecule has 2 aromatic carbocycles. The van der Waals surface area contributed by atoms with Crippen molar-refractivity contribution >= 4 is 22.6 Å². The molecule has 0 unspecified atom stereocenters. The van der Waals surface area contributed by atoms with Crippen LogP contribution in [0.2, 0.25) is 0 Å². The third-order valence-electron chi connectivity index (χ3n) is 7.09. The van der Waals surface area contributed by atoms with E-state index < -0.39 is 0 Å². The summed E-state index contributed by atoms with van der Waals surface area (Å²) in [7, 11) is 0. The van der Waals surface area contributed by atoms with Crippen LogP contribution in [0.4, 0.5) is 5.69 Å². The summed E-state index contributed by atoms with van der Waals surface area (Å²) in [5.74, 6) is 0.389. The van der Waals surface area contributed by atoms with E-state index in [-0.39, 0.29) is 12.6 Å². The monoisotopic (exact) mass is 530 g/mol. The number of anilines is 1. The fourth-order valence-corrected chi connectivity index (χ4v) is 5.06. The highest BCUT2D eigenvalue weighted by Crippen LogP contribution is 2.42. The quantitative estimate of drug-likeness (QED) is 0.120. The molecule has 0 spiro atoms. The largest absolute Gasteiger partial charge is 0.460 e. The van der Waals surface area contributed by atoms with Crippen molar-refractivity contribution in [3.63, 3.8) is 0 Å². The lowest BCUT2D eigenvalue weighted by Crippen LogP contribution is -2.29. The van der Waals surface area contributed by atoms with E-state index in [4.69, 9.17) is 19.6 Å². The van der Waals surface area contributed by atoms with Crippen molar-refractivity contribution in [3.05, 3.63) is 71.6 Å². The lowest BCUT2D eigenvalue weighted by atomic mass is 9.90. The van der Waals surface area contributed by atoms with Crippen molar-refractivity contribution in [2.75, 3.05) is 57.4 Å². The predicted octanol–water partition coefficient (Wildman–Crippen LogP) is 4.99. The molecular formula is C32H40N3O4+. The molecule has 0 amide bonds. The molecule has 1 aliphatic carbocycles. The molecule has 0 aromatic heterocycles. The van der Waals surface area contributed by atoms with Gasteiger partial charge in [-0.1, -0.05) is 18.2 Å². The molecular weight excluding hydrogens is 490 g/mol. The number of carbonyl (C=O) groups excluding carboxylic acids is 1. The highest BCUT2D eigenvalue weighted by Gasteiger charge is 2.23. The first-order valence-corrected chi connectivity index (χ1v) is 13.9. The van der Waals surface area contributed by atoms with Crippen LogP contribution in [0.3, 0.4) is 0 Å². The van der Waals surface area contributed by atoms with Crippen molar-refractivity contribution in [1.82, 2.24) is 4.58 Å². The first-order valence-electron chi connectivity index (χ1n) is 13.9. The molecule has 7 heteroatoms. The number of esters is 1. The number of nitrogens with two attached hydrogens (primary N) is 1. The number of benzene rings is 3. The standard InChI is InChI=1S/C32H40N3O4/c1-5-34(6-2)23-13-15-27-29(21-23)39-30-22-24(35(7-3)8-4)14-16-28(30)31(27)25-11-9-10-12-26(25)32(36)38-20-19-37-18-17-33/h9-16,21-22H,5-8,17-20,33H2,1-4H3/q+1. The average molecular weight is 531 g/mol. The van der Waals surface area contributed by atoms with Crippen molar-refractivity contribution in [2.45, 2.75) is 27.7 Å². The minimum Gasteiger partial charge on any atom is -0.460 e. The van der Waals surface area contributed by atoms with Crippen molar-refractivity contribution in [1.29, 1.82) is 0 Å². The van der Waals surface area contributed by atoms with Gasteiger partial charge < -0.3 is 24.5 Å². The van der Waals surface area contributed by atoms with Gasteiger partial charge in [-0.05, 0) is 57.5 Å². The summed E-state index contributed by atoms with van der Waals surface area (Å²) in [5.41, 5.74) is 10.6. The van der Waals surface area contributed by atoms with E-state index in [1.807, 2.05) is 24.3 Å². The Kier molecular flexibility index (Phi) is 9.74. The SMILES string of the molecule is CCN(CC)c1ccc2c(-c3ccccc3C(=O)OCCOCCN)c3ccc(=[N+](CC)CC)cc-3oc2c1. The van der Waals surface area contributed by atoms with Crippen LogP contribution in [0.25, 0.3) is 33.4 Å². The van der Waals surface area contributed by atoms with Gasteiger partial charge >= 0.3 is 5.97 Å². The highest BCUT2D eigenvalue weighted by molar-refractivity contribution is 6.08. The van der Waals surface area contributed by atoms with E-state index in [9.17, 15) is 4.79 Å². The minimum atomic E-state index is -0.386. The molecule has 39 heavy (non-hydrogen) atoms. The molecule has 2 aromatic rings. The van der Waals surface area contributed by atoms with Crippen LogP contribution in [0.1, 0.15) is 38.1 Å². The zero-order chi connectivity index (χ0) is 27.8. The summed E-state index contributed by atoms with van der Waals surface area (Å²) < 4.78 is 19.8. The molecule has 0 radical (unpaired) electrons. The fourth-order valence-electron chi connectivity index (χ4n) is 5.06. The molecule has 206 valence electrons. The van der Waals surface area contributed by atoms with Crippen LogP contribution in [-0.2, 0) is 9.47 Å². The molecule has 0 saturated carbocycles. The molecule has 2 N–H and O–H groups in total. The first kappa shape index (κ1) is 28.3. The van der Waals surface area contributed by atoms with Gasteiger partial charge in [0, 0.05) is 54.0 Å². The Morgan fingerprint density at radius 2 is 1.67 bits per heavy atom. The maximum absolute atomic E-state index is 13.2. The molecule has 2 aliphatic rings. The summed E-state index contributed by atoms with van der Waals surface area (Å²) in [6.45, 7) is 13.5. The van der Waals surface area contributed by atoms with Crippen molar-refractivity contribution in [3.8, 4) is 22.5 Å². The highest BCUT2D eigenvalue weighted by atomic mass is 16.6. The van der Waals surface area contributed by atoms with Gasteiger partial charge in [-0.3, -0.25) is 0 Å². The molecule has 0 saturated heterocycles. The molecule has 0 bridgehead atoms. The fraction of sp³-hybridized carbons (Fsp3) is 0.375. The van der Waals surface area contributed by atoms with Crippen LogP contribution < -0.4 is 20.6 Å². The van der Waals surface area contributed by atoms with E-state index >= 15 is 0 Å². The maximum Gasteiger partial charge on any atom is 0.338 e. The topological polar surface area (TPSA) is 80.9 Å². The van der Waals surface area contributed by atoms with Gasteiger partial charge in [0.25, 0.3) is 0 Å². The van der Waals surface area contributed by atoms with Crippen LogP contribution in [0.15, 0.2) is 65.1 Å². The predicted molar refractivity (Wildman–Crippen MR) is 158 cm³/mol. The zero-order valence-electron chi connectivity index (χ0n) is 23.5. The summed E-state index contributed by atoms with van der Waals surface area (Å²) in [4.78, 5) is 15.5. The van der Waals surface area contributed by atoms with Gasteiger partial charge in [0.1, 0.15) is 31.0 Å². The van der Waals surface area contributed by atoms with Crippen LogP contribution in [0, 0.1) is 0 Å². The molecule has 1 heterocycles. The second-order valence-electron chi connectivity index (χ2n) is 9.27. The second-order valence-corrected chi connectivity index (χ2v) is 9.27. The number of hydrogen-bond donors (Lipinski definition) is 1. The van der Waals surface area contributed by atoms with E-state index in [1.54, 1.807) is 0 Å². The normalized spacial score (nSPS) is 11.2. The molecule has 7 nitrogen and oxygen atoms in total. The summed E-state index contributed by atoms with van der Waals surface area (Å²) in [6.07, 6.45) is 0. The Morgan fingerprint density at radius 3 is 2.38 bits per heavy atom. The summed E-state index contributed by atoms with van der Waals surface area (Å²) in [5, 5.41) is 2.05. The molecule has 0 fully saturated rings. The molecule has 1 aliphatic heterocycles. The number of hydrogen-bond acceptors (Lipinski definition) is 6. The first-order chi connectivity index (χ1) is 19.1. The maximum atomic E-state index is 13.2. The van der Waals surface area contributed by atoms with E-state index in [1.165, 1.54) is 0 Å². The van der Waals surface area contributed by atoms with E-state index in [2.05, 4.69) is 73.6 Å². The van der Waals surface area contributed by atoms with Crippen LogP contribution in [-0.4, -0.2) is 58.5 Å². The number of ether oxygens (including phenoxy) is 2. The van der Waals surface area contributed by atoms with Crippen molar-refractivity contribution in [2.24, 2.45) is 5.73 Å². The average Bonchev–Trinajstić information content (AvgIpc) is 2.97. The van der Waals surface area contributed by atoms with Crippen LogP contribution in [0.5, 0.6) is 0 Å². The van der Waals surface area contributed by atoms with Gasteiger partial charge in [-0.2, -0.15) is 0 Å². The van der Waals surface area contributed by atoms with E-state index in [0.29, 0.717) is 25.3 Å². The Morgan fingerprint density at radius 1 is 0.897 bits per heavy atom. The number of nitrogens with zero attached hydrogens (tertiary/aromatic N) is 2. The number of rotatable bonds is 12.